The highest BCUT2D eigenvalue weighted by molar-refractivity contribution is 7.87. The molecule has 0 spiro atoms. The molecule has 1 rings (SSSR count). The zero-order valence-corrected chi connectivity index (χ0v) is 12.8. The van der Waals surface area contributed by atoms with Gasteiger partial charge in [0, 0.05) is 14.1 Å². The summed E-state index contributed by atoms with van der Waals surface area (Å²) in [6.45, 7) is -0.393. The number of nitrogens with one attached hydrogen (secondary N) is 2. The van der Waals surface area contributed by atoms with Gasteiger partial charge in [-0.1, -0.05) is 12.1 Å². The fraction of sp³-hybridized carbons (Fsp3) is 0.333. The van der Waals surface area contributed by atoms with Crippen LogP contribution in [0.15, 0.2) is 29.4 Å². The van der Waals surface area contributed by atoms with Gasteiger partial charge in [-0.25, -0.2) is 5.43 Å². The first-order chi connectivity index (χ1) is 9.85. The maximum Gasteiger partial charge on any atom is 0.279 e. The number of ether oxygens (including phenoxy) is 1. The van der Waals surface area contributed by atoms with Crippen molar-refractivity contribution < 1.29 is 17.9 Å². The molecule has 0 bridgehead atoms. The summed E-state index contributed by atoms with van der Waals surface area (Å²) in [5.74, 6) is 0.101. The van der Waals surface area contributed by atoms with Crippen molar-refractivity contribution in [3.05, 3.63) is 29.8 Å². The van der Waals surface area contributed by atoms with Gasteiger partial charge in [-0.2, -0.15) is 22.5 Å². The zero-order chi connectivity index (χ0) is 15.9. The van der Waals surface area contributed by atoms with Gasteiger partial charge in [0.25, 0.3) is 16.1 Å². The number of benzene rings is 1. The topological polar surface area (TPSA) is 100 Å². The van der Waals surface area contributed by atoms with Crippen LogP contribution in [0.1, 0.15) is 5.56 Å². The third-order valence-electron chi connectivity index (χ3n) is 2.39. The van der Waals surface area contributed by atoms with Crippen molar-refractivity contribution in [1.82, 2.24) is 14.5 Å². The normalized spacial score (nSPS) is 11.8. The van der Waals surface area contributed by atoms with Crippen LogP contribution in [0.3, 0.4) is 0 Å². The van der Waals surface area contributed by atoms with Gasteiger partial charge in [0.2, 0.25) is 0 Å². The highest BCUT2D eigenvalue weighted by atomic mass is 32.2. The Morgan fingerprint density at radius 1 is 1.43 bits per heavy atom. The number of amides is 1. The SMILES string of the molecule is COc1cccc(/C=N/NC(=O)CNS(=O)(=O)N(C)C)c1. The molecule has 0 saturated carbocycles. The molecule has 0 saturated heterocycles. The van der Waals surface area contributed by atoms with Crippen LogP contribution in [0.25, 0.3) is 0 Å². The molecule has 116 valence electrons. The molecule has 9 heteroatoms. The quantitative estimate of drug-likeness (QED) is 0.525. The molecule has 8 nitrogen and oxygen atoms in total. The van der Waals surface area contributed by atoms with E-state index in [-0.39, 0.29) is 0 Å². The lowest BCUT2D eigenvalue weighted by Crippen LogP contribution is -2.41. The average molecular weight is 314 g/mol. The largest absolute Gasteiger partial charge is 0.497 e. The monoisotopic (exact) mass is 314 g/mol. The first-order valence-corrected chi connectivity index (χ1v) is 7.42. The molecule has 2 N–H and O–H groups in total. The van der Waals surface area contributed by atoms with Crippen LogP contribution in [0.4, 0.5) is 0 Å². The number of methoxy groups -OCH3 is 1. The summed E-state index contributed by atoms with van der Waals surface area (Å²) in [5.41, 5.74) is 2.96. The molecule has 1 aromatic rings. The van der Waals surface area contributed by atoms with E-state index in [1.54, 1.807) is 31.4 Å². The standard InChI is InChI=1S/C12H18N4O4S/c1-16(2)21(18,19)14-9-12(17)15-13-8-10-5-4-6-11(7-10)20-3/h4-8,14H,9H2,1-3H3,(H,15,17)/b13-8+. The maximum atomic E-state index is 11.4. The van der Waals surface area contributed by atoms with Crippen LogP contribution in [-0.4, -0.2) is 52.6 Å². The summed E-state index contributed by atoms with van der Waals surface area (Å²) in [7, 11) is 0.650. The van der Waals surface area contributed by atoms with Crippen LogP contribution in [0.5, 0.6) is 5.75 Å². The van der Waals surface area contributed by atoms with Crippen molar-refractivity contribution in [3.8, 4) is 5.75 Å². The van der Waals surface area contributed by atoms with Gasteiger partial charge in [-0.15, -0.1) is 0 Å². The molecule has 0 aliphatic carbocycles. The van der Waals surface area contributed by atoms with Crippen LogP contribution < -0.4 is 14.9 Å². The summed E-state index contributed by atoms with van der Waals surface area (Å²) in [6.07, 6.45) is 1.43. The molecule has 0 aliphatic heterocycles. The third-order valence-corrected chi connectivity index (χ3v) is 3.86. The number of carbonyl (C=O) groups is 1. The van der Waals surface area contributed by atoms with Crippen molar-refractivity contribution in [1.29, 1.82) is 0 Å². The molecule has 0 unspecified atom stereocenters. The lowest BCUT2D eigenvalue weighted by Gasteiger charge is -2.11. The Bertz CT molecular complexity index is 613. The minimum atomic E-state index is -3.63. The Labute approximate surface area is 124 Å². The molecular formula is C12H18N4O4S. The predicted octanol–water partition coefficient (Wildman–Crippen LogP) is -0.459. The maximum absolute atomic E-state index is 11.4. The minimum Gasteiger partial charge on any atom is -0.497 e. The molecule has 1 aromatic carbocycles. The van der Waals surface area contributed by atoms with E-state index in [1.165, 1.54) is 20.3 Å². The lowest BCUT2D eigenvalue weighted by atomic mass is 10.2. The van der Waals surface area contributed by atoms with Gasteiger partial charge < -0.3 is 4.74 Å². The Balaban J connectivity index is 2.47. The number of nitrogens with zero attached hydrogens (tertiary/aromatic N) is 2. The van der Waals surface area contributed by atoms with Crippen LogP contribution in [-0.2, 0) is 15.0 Å². The summed E-state index contributed by atoms with van der Waals surface area (Å²) in [6, 6.07) is 7.09. The second kappa shape index (κ2) is 7.72. The van der Waals surface area contributed by atoms with Gasteiger partial charge in [0.1, 0.15) is 5.75 Å². The van der Waals surface area contributed by atoms with Crippen molar-refractivity contribution in [2.75, 3.05) is 27.7 Å². The molecule has 21 heavy (non-hydrogen) atoms. The van der Waals surface area contributed by atoms with E-state index in [2.05, 4.69) is 15.2 Å². The summed E-state index contributed by atoms with van der Waals surface area (Å²) in [5, 5.41) is 3.73. The highest BCUT2D eigenvalue weighted by Gasteiger charge is 2.13. The van der Waals surface area contributed by atoms with E-state index in [4.69, 9.17) is 4.74 Å². The summed E-state index contributed by atoms with van der Waals surface area (Å²) >= 11 is 0. The molecule has 0 aliphatic rings. The zero-order valence-electron chi connectivity index (χ0n) is 12.0. The van der Waals surface area contributed by atoms with Crippen molar-refractivity contribution in [2.24, 2.45) is 5.10 Å². The number of hydrogen-bond acceptors (Lipinski definition) is 5. The molecule has 0 radical (unpaired) electrons. The van der Waals surface area contributed by atoms with Crippen molar-refractivity contribution in [3.63, 3.8) is 0 Å². The van der Waals surface area contributed by atoms with Crippen molar-refractivity contribution >= 4 is 22.3 Å². The van der Waals surface area contributed by atoms with E-state index >= 15 is 0 Å². The highest BCUT2D eigenvalue weighted by Crippen LogP contribution is 2.10. The summed E-state index contributed by atoms with van der Waals surface area (Å²) < 4.78 is 30.9. The molecule has 0 heterocycles. The average Bonchev–Trinajstić information content (AvgIpc) is 2.45. The van der Waals surface area contributed by atoms with Crippen LogP contribution >= 0.6 is 0 Å². The second-order valence-electron chi connectivity index (χ2n) is 4.18. The molecule has 0 atom stereocenters. The Kier molecular flexibility index (Phi) is 6.28. The second-order valence-corrected chi connectivity index (χ2v) is 6.15. The lowest BCUT2D eigenvalue weighted by molar-refractivity contribution is -0.119. The van der Waals surface area contributed by atoms with Crippen LogP contribution in [0, 0.1) is 0 Å². The predicted molar refractivity (Wildman–Crippen MR) is 79.3 cm³/mol. The van der Waals surface area contributed by atoms with Gasteiger partial charge >= 0.3 is 0 Å². The molecule has 1 amide bonds. The van der Waals surface area contributed by atoms with Gasteiger partial charge in [0.05, 0.1) is 19.9 Å². The Morgan fingerprint density at radius 3 is 2.76 bits per heavy atom. The van der Waals surface area contributed by atoms with Gasteiger partial charge in [0.15, 0.2) is 0 Å². The fourth-order valence-electron chi connectivity index (χ4n) is 1.23. The third kappa shape index (κ3) is 5.90. The van der Waals surface area contributed by atoms with E-state index in [1.807, 2.05) is 0 Å². The van der Waals surface area contributed by atoms with E-state index in [0.717, 1.165) is 9.87 Å². The summed E-state index contributed by atoms with van der Waals surface area (Å²) in [4.78, 5) is 11.4. The Hall–Kier alpha value is -1.97. The van der Waals surface area contributed by atoms with E-state index in [9.17, 15) is 13.2 Å². The number of hydrogen-bond donors (Lipinski definition) is 2. The van der Waals surface area contributed by atoms with E-state index < -0.39 is 22.7 Å². The van der Waals surface area contributed by atoms with E-state index in [0.29, 0.717) is 5.75 Å². The number of hydrazone groups is 1. The smallest absolute Gasteiger partial charge is 0.279 e. The minimum absolute atomic E-state index is 0.393. The number of carbonyl (C=O) groups excluding carboxylic acids is 1. The van der Waals surface area contributed by atoms with Crippen LogP contribution in [0.2, 0.25) is 0 Å². The first-order valence-electron chi connectivity index (χ1n) is 5.98. The van der Waals surface area contributed by atoms with Crippen molar-refractivity contribution in [2.45, 2.75) is 0 Å². The molecule has 0 fully saturated rings. The molecular weight excluding hydrogens is 296 g/mol. The fourth-order valence-corrected chi connectivity index (χ4v) is 1.80. The first kappa shape index (κ1) is 17.1. The van der Waals surface area contributed by atoms with Gasteiger partial charge in [-0.3, -0.25) is 4.79 Å². The molecule has 0 aromatic heterocycles. The number of rotatable bonds is 7. The van der Waals surface area contributed by atoms with Gasteiger partial charge in [-0.05, 0) is 17.7 Å². The Morgan fingerprint density at radius 2 is 2.14 bits per heavy atom.